The van der Waals surface area contributed by atoms with Crippen LogP contribution in [0.2, 0.25) is 20.4 Å². The molecule has 0 radical (unpaired) electrons. The van der Waals surface area contributed by atoms with Crippen molar-refractivity contribution in [2.45, 2.75) is 53.4 Å². The van der Waals surface area contributed by atoms with Crippen LogP contribution in [0.1, 0.15) is 41.5 Å². The van der Waals surface area contributed by atoms with Gasteiger partial charge in [-0.1, -0.05) is 88.1 Å². The van der Waals surface area contributed by atoms with Gasteiger partial charge in [-0.3, -0.25) is 18.5 Å². The van der Waals surface area contributed by atoms with E-state index in [0.29, 0.717) is 45.0 Å². The van der Waals surface area contributed by atoms with Crippen LogP contribution in [0.4, 0.5) is 17.6 Å². The molecule has 0 bridgehead atoms. The zero-order chi connectivity index (χ0) is 44.6. The van der Waals surface area contributed by atoms with Crippen LogP contribution in [-0.2, 0) is 17.8 Å². The van der Waals surface area contributed by atoms with Gasteiger partial charge in [-0.2, -0.15) is 10.2 Å². The summed E-state index contributed by atoms with van der Waals surface area (Å²) >= 11 is 27.2. The number of aromatic nitrogens is 6. The first kappa shape index (κ1) is 48.4. The number of hydrogen-bond acceptors (Lipinski definition) is 8. The van der Waals surface area contributed by atoms with E-state index in [2.05, 4.69) is 10.2 Å². The zero-order valence-corrected chi connectivity index (χ0v) is 40.0. The Kier molecular flexibility index (Phi) is 15.6. The van der Waals surface area contributed by atoms with E-state index in [-0.39, 0.29) is 82.9 Å². The molecule has 0 aliphatic heterocycles. The molecule has 0 saturated heterocycles. The van der Waals surface area contributed by atoms with Crippen molar-refractivity contribution in [1.82, 2.24) is 28.7 Å². The molecule has 8 aromatic rings. The third-order valence-electron chi connectivity index (χ3n) is 9.31. The van der Waals surface area contributed by atoms with Gasteiger partial charge < -0.3 is 14.6 Å². The van der Waals surface area contributed by atoms with E-state index in [9.17, 15) is 19.1 Å². The SMILES string of the molecule is CCOC(=O)c1cccc(Sc2c(Cl)n(-c3cnn(CC)c3)c3c(F)c(Cl)ccc23)c1F.CCn1cc(-n2c(Cl)c(Sc3cccc(C(=O)[O-])c3F)c3ccc(Cl)c(F)c32)cn1.[Na+]. The molecule has 63 heavy (non-hydrogen) atoms. The van der Waals surface area contributed by atoms with Crippen LogP contribution < -0.4 is 34.7 Å². The Hall–Kier alpha value is -4.10. The average molecular weight is 987 g/mol. The van der Waals surface area contributed by atoms with Crippen LogP contribution in [-0.4, -0.2) is 47.2 Å². The first-order valence-electron chi connectivity index (χ1n) is 18.4. The molecule has 8 rings (SSSR count). The molecule has 4 heterocycles. The van der Waals surface area contributed by atoms with Crippen LogP contribution in [0.5, 0.6) is 0 Å². The summed E-state index contributed by atoms with van der Waals surface area (Å²) in [6, 6.07) is 14.3. The fraction of sp³-hybridized carbons (Fsp3) is 0.143. The Labute approximate surface area is 407 Å². The van der Waals surface area contributed by atoms with Crippen molar-refractivity contribution < 1.29 is 66.6 Å². The molecule has 21 heteroatoms. The number of carbonyl (C=O) groups excluding carboxylic acids is 2. The van der Waals surface area contributed by atoms with Crippen molar-refractivity contribution in [2.24, 2.45) is 0 Å². The summed E-state index contributed by atoms with van der Waals surface area (Å²) in [7, 11) is 0. The molecule has 0 N–H and O–H groups in total. The van der Waals surface area contributed by atoms with Crippen molar-refractivity contribution in [3.63, 3.8) is 0 Å². The van der Waals surface area contributed by atoms with Crippen molar-refractivity contribution in [3.05, 3.63) is 140 Å². The minimum Gasteiger partial charge on any atom is -0.545 e. The third-order valence-corrected chi connectivity index (χ3v) is 13.1. The molecule has 0 atom stereocenters. The molecule has 4 aromatic carbocycles. The van der Waals surface area contributed by atoms with Gasteiger partial charge in [0.15, 0.2) is 17.5 Å². The molecule has 0 fully saturated rings. The number of rotatable bonds is 11. The van der Waals surface area contributed by atoms with E-state index in [1.165, 1.54) is 51.7 Å². The number of halogens is 8. The number of carboxylic acids is 1. The van der Waals surface area contributed by atoms with Crippen molar-refractivity contribution in [3.8, 4) is 11.4 Å². The molecule has 10 nitrogen and oxygen atoms in total. The molecule has 4 aromatic heterocycles. The molecule has 0 aliphatic carbocycles. The van der Waals surface area contributed by atoms with E-state index in [1.807, 2.05) is 13.8 Å². The molecule has 0 spiro atoms. The topological polar surface area (TPSA) is 112 Å². The van der Waals surface area contributed by atoms with Crippen LogP contribution in [0.3, 0.4) is 0 Å². The van der Waals surface area contributed by atoms with Gasteiger partial charge in [0.2, 0.25) is 0 Å². The fourth-order valence-corrected chi connectivity index (χ4v) is 9.53. The fourth-order valence-electron chi connectivity index (χ4n) is 6.39. The molecule has 0 saturated carbocycles. The van der Waals surface area contributed by atoms with Crippen LogP contribution >= 0.6 is 69.9 Å². The van der Waals surface area contributed by atoms with Gasteiger partial charge in [0.05, 0.1) is 72.8 Å². The van der Waals surface area contributed by atoms with Gasteiger partial charge in [0.25, 0.3) is 0 Å². The molecule has 0 amide bonds. The van der Waals surface area contributed by atoms with Crippen molar-refractivity contribution in [1.29, 1.82) is 0 Å². The monoisotopic (exact) mass is 984 g/mol. The maximum atomic E-state index is 15.1. The van der Waals surface area contributed by atoms with E-state index < -0.39 is 40.8 Å². The van der Waals surface area contributed by atoms with E-state index >= 15 is 13.2 Å². The van der Waals surface area contributed by atoms with Crippen molar-refractivity contribution in [2.75, 3.05) is 6.61 Å². The van der Waals surface area contributed by atoms with Crippen LogP contribution in [0, 0.1) is 23.3 Å². The molecule has 0 aliphatic rings. The quantitative estimate of drug-likeness (QED) is 0.0720. The maximum absolute atomic E-state index is 15.1. The van der Waals surface area contributed by atoms with E-state index in [0.717, 1.165) is 29.6 Å². The van der Waals surface area contributed by atoms with Crippen LogP contribution in [0.15, 0.2) is 105 Å². The number of hydrogen-bond donors (Lipinski definition) is 0. The number of benzene rings is 4. The second-order valence-electron chi connectivity index (χ2n) is 13.0. The van der Waals surface area contributed by atoms with Gasteiger partial charge in [-0.15, -0.1) is 0 Å². The largest absolute Gasteiger partial charge is 1.00 e. The van der Waals surface area contributed by atoms with Gasteiger partial charge in [-0.05, 0) is 63.2 Å². The summed E-state index contributed by atoms with van der Waals surface area (Å²) in [4.78, 5) is 24.1. The number of carboxylic acid groups (broad SMARTS) is 1. The standard InChI is InChI=1S/C22H17Cl2F2N3O2S.C20H13Cl2F2N3O2S.Na/c1-3-28-11-12(10-27-28)29-19-14(8-9-15(23)18(19)26)20(21(29)24)32-16-7-5-6-13(17(16)25)22(30)31-4-2;1-2-26-9-10(8-25-26)27-17-12(6-7-13(21)16(17)24)18(19(27)22)30-14-5-3-4-11(15(14)23)20(28)29;/h5-11H,3-4H2,1-2H3;3-9H,2H2,1H3,(H,28,29);/q;;+1/p-1. The smallest absolute Gasteiger partial charge is 0.545 e. The predicted octanol–water partition coefficient (Wildman–Crippen LogP) is 8.71. The first-order valence-corrected chi connectivity index (χ1v) is 21.6. The number of carbonyl (C=O) groups is 2. The Balaban J connectivity index is 0.000000207. The Morgan fingerprint density at radius 1 is 0.651 bits per heavy atom. The number of aromatic carboxylic acids is 1. The number of aryl methyl sites for hydroxylation is 2. The second-order valence-corrected chi connectivity index (χ2v) is 16.6. The summed E-state index contributed by atoms with van der Waals surface area (Å²) in [6.45, 7) is 6.81. The Morgan fingerprint density at radius 2 is 1.08 bits per heavy atom. The molecule has 0 unspecified atom stereocenters. The van der Waals surface area contributed by atoms with Crippen molar-refractivity contribution >= 4 is 104 Å². The number of esters is 1. The third kappa shape index (κ3) is 9.38. The maximum Gasteiger partial charge on any atom is 1.00 e. The molecular formula is C42H29Cl4F4N6NaO4S2. The van der Waals surface area contributed by atoms with Gasteiger partial charge in [0.1, 0.15) is 16.1 Å². The first-order chi connectivity index (χ1) is 29.7. The number of fused-ring (bicyclic) bond motifs is 2. The average Bonchev–Trinajstić information content (AvgIpc) is 4.04. The summed E-state index contributed by atoms with van der Waals surface area (Å²) in [5.41, 5.74) is 0.553. The summed E-state index contributed by atoms with van der Waals surface area (Å²) in [5, 5.41) is 20.5. The number of nitrogens with zero attached hydrogens (tertiary/aromatic N) is 6. The van der Waals surface area contributed by atoms with E-state index in [4.69, 9.17) is 51.1 Å². The molecule has 320 valence electrons. The molecular weight excluding hydrogens is 957 g/mol. The number of ether oxygens (including phenoxy) is 1. The van der Waals surface area contributed by atoms with Gasteiger partial charge in [0, 0.05) is 51.6 Å². The summed E-state index contributed by atoms with van der Waals surface area (Å²) in [6.07, 6.45) is 6.51. The Bertz CT molecular complexity index is 3050. The van der Waals surface area contributed by atoms with Gasteiger partial charge in [-0.25, -0.2) is 22.4 Å². The normalized spacial score (nSPS) is 11.2. The minimum absolute atomic E-state index is 0. The van der Waals surface area contributed by atoms with Gasteiger partial charge >= 0.3 is 35.5 Å². The second kappa shape index (κ2) is 20.4. The van der Waals surface area contributed by atoms with E-state index in [1.54, 1.807) is 53.1 Å². The zero-order valence-electron chi connectivity index (χ0n) is 33.4. The summed E-state index contributed by atoms with van der Waals surface area (Å²) < 4.78 is 71.1. The predicted molar refractivity (Wildman–Crippen MR) is 231 cm³/mol. The Morgan fingerprint density at radius 3 is 1.48 bits per heavy atom. The minimum atomic E-state index is -1.63. The summed E-state index contributed by atoms with van der Waals surface area (Å²) in [5.74, 6) is -5.41. The van der Waals surface area contributed by atoms with Crippen LogP contribution in [0.25, 0.3) is 33.2 Å².